The molecule has 0 aliphatic carbocycles. The molecule has 35 heavy (non-hydrogen) atoms. The molecule has 0 saturated heterocycles. The van der Waals surface area contributed by atoms with E-state index in [1.807, 2.05) is 32.2 Å². The second-order valence-corrected chi connectivity index (χ2v) is 9.93. The highest BCUT2D eigenvalue weighted by molar-refractivity contribution is 5.57. The third-order valence-corrected chi connectivity index (χ3v) is 6.39. The van der Waals surface area contributed by atoms with Crippen molar-refractivity contribution in [2.45, 2.75) is 46.5 Å². The van der Waals surface area contributed by atoms with Gasteiger partial charge in [0.1, 0.15) is 5.69 Å². The zero-order valence-corrected chi connectivity index (χ0v) is 20.6. The van der Waals surface area contributed by atoms with E-state index in [2.05, 4.69) is 55.8 Å². The first-order chi connectivity index (χ1) is 16.6. The number of aliphatic hydroxyl groups excluding tert-OH is 1. The Morgan fingerprint density at radius 3 is 2.20 bits per heavy atom. The predicted molar refractivity (Wildman–Crippen MR) is 131 cm³/mol. The molecular formula is C25H30N8O2. The van der Waals surface area contributed by atoms with E-state index in [9.17, 15) is 5.11 Å². The van der Waals surface area contributed by atoms with E-state index in [-0.39, 0.29) is 23.9 Å². The number of aromatic nitrogens is 7. The van der Waals surface area contributed by atoms with Crippen LogP contribution in [0.15, 0.2) is 47.6 Å². The van der Waals surface area contributed by atoms with Gasteiger partial charge >= 0.3 is 0 Å². The Kier molecular flexibility index (Phi) is 6.58. The maximum Gasteiger partial charge on any atom is 0.278 e. The van der Waals surface area contributed by atoms with Crippen molar-refractivity contribution in [2.24, 2.45) is 11.3 Å². The van der Waals surface area contributed by atoms with E-state index >= 15 is 0 Å². The topological polar surface area (TPSA) is 150 Å². The number of anilines is 1. The van der Waals surface area contributed by atoms with Gasteiger partial charge in [0.2, 0.25) is 5.95 Å². The number of aliphatic hydroxyl groups is 1. The van der Waals surface area contributed by atoms with Gasteiger partial charge in [0, 0.05) is 37.0 Å². The summed E-state index contributed by atoms with van der Waals surface area (Å²) in [4.78, 5) is 26.3. The van der Waals surface area contributed by atoms with Crippen LogP contribution in [0.1, 0.15) is 51.7 Å². The summed E-state index contributed by atoms with van der Waals surface area (Å²) >= 11 is 0. The van der Waals surface area contributed by atoms with Crippen LogP contribution in [-0.4, -0.2) is 46.8 Å². The van der Waals surface area contributed by atoms with Crippen LogP contribution in [0, 0.1) is 11.3 Å². The fraction of sp³-hybridized carbons (Fsp3) is 0.400. The fourth-order valence-corrected chi connectivity index (χ4v) is 3.70. The molecule has 0 fully saturated rings. The Hall–Kier alpha value is -3.79. The molecule has 0 unspecified atom stereocenters. The molecule has 0 aliphatic heterocycles. The molecule has 0 spiro atoms. The van der Waals surface area contributed by atoms with Gasteiger partial charge in [0.05, 0.1) is 23.0 Å². The van der Waals surface area contributed by atoms with Gasteiger partial charge in [-0.3, -0.25) is 9.97 Å². The molecule has 0 aliphatic rings. The SMILES string of the molecule is CC(C)[C@](C)(c1ccc(-c2cnc(N)nc2)nc1)c1noc(-c2cnc(CC(C)(C)CO)cn2)n1. The minimum absolute atomic E-state index is 0.0703. The average Bonchev–Trinajstić information content (AvgIpc) is 3.35. The Morgan fingerprint density at radius 1 is 0.914 bits per heavy atom. The van der Waals surface area contributed by atoms with E-state index < -0.39 is 5.41 Å². The average molecular weight is 475 g/mol. The van der Waals surface area contributed by atoms with E-state index in [1.54, 1.807) is 24.8 Å². The third-order valence-electron chi connectivity index (χ3n) is 6.39. The van der Waals surface area contributed by atoms with Gasteiger partial charge in [-0.05, 0) is 36.3 Å². The van der Waals surface area contributed by atoms with Gasteiger partial charge in [-0.25, -0.2) is 15.0 Å². The lowest BCUT2D eigenvalue weighted by Gasteiger charge is -2.30. The van der Waals surface area contributed by atoms with Crippen molar-refractivity contribution < 1.29 is 9.63 Å². The van der Waals surface area contributed by atoms with Crippen LogP contribution in [0.3, 0.4) is 0 Å². The van der Waals surface area contributed by atoms with E-state index in [0.29, 0.717) is 23.8 Å². The van der Waals surface area contributed by atoms with Crippen LogP contribution in [0.2, 0.25) is 0 Å². The number of hydrogen-bond acceptors (Lipinski definition) is 10. The first kappa shape index (κ1) is 24.3. The largest absolute Gasteiger partial charge is 0.396 e. The maximum atomic E-state index is 9.49. The van der Waals surface area contributed by atoms with Crippen LogP contribution < -0.4 is 5.73 Å². The van der Waals surface area contributed by atoms with Gasteiger partial charge in [-0.15, -0.1) is 0 Å². The zero-order chi connectivity index (χ0) is 25.2. The number of pyridine rings is 1. The van der Waals surface area contributed by atoms with Crippen molar-refractivity contribution >= 4 is 5.95 Å². The van der Waals surface area contributed by atoms with Crippen LogP contribution in [-0.2, 0) is 11.8 Å². The monoisotopic (exact) mass is 474 g/mol. The van der Waals surface area contributed by atoms with E-state index in [0.717, 1.165) is 22.5 Å². The van der Waals surface area contributed by atoms with Crippen LogP contribution >= 0.6 is 0 Å². The highest BCUT2D eigenvalue weighted by Crippen LogP contribution is 2.38. The first-order valence-corrected chi connectivity index (χ1v) is 11.4. The molecule has 0 bridgehead atoms. The van der Waals surface area contributed by atoms with Crippen molar-refractivity contribution in [1.29, 1.82) is 0 Å². The van der Waals surface area contributed by atoms with Gasteiger partial charge in [0.15, 0.2) is 5.82 Å². The van der Waals surface area contributed by atoms with Crippen LogP contribution in [0.4, 0.5) is 5.95 Å². The molecule has 10 nitrogen and oxygen atoms in total. The zero-order valence-electron chi connectivity index (χ0n) is 20.6. The normalized spacial score (nSPS) is 13.7. The van der Waals surface area contributed by atoms with Crippen molar-refractivity contribution in [3.63, 3.8) is 0 Å². The maximum absolute atomic E-state index is 9.49. The standard InChI is InChI=1S/C25H30N8O2/c1-15(2)25(5,17-6-7-19(28-11-17)16-9-30-23(26)31-10-16)22-32-21(35-33-22)20-13-27-18(12-29-20)8-24(3,4)14-34/h6-7,9-13,15,34H,8,14H2,1-5H3,(H2,26,30,31)/t25-/m1/s1. The molecule has 0 aromatic carbocycles. The highest BCUT2D eigenvalue weighted by atomic mass is 16.5. The Labute approximate surface area is 204 Å². The minimum Gasteiger partial charge on any atom is -0.396 e. The third kappa shape index (κ3) is 5.02. The van der Waals surface area contributed by atoms with Gasteiger partial charge in [-0.2, -0.15) is 4.98 Å². The number of nitrogen functional groups attached to an aromatic ring is 1. The number of rotatable bonds is 8. The predicted octanol–water partition coefficient (Wildman–Crippen LogP) is 3.48. The lowest BCUT2D eigenvalue weighted by molar-refractivity contribution is 0.158. The van der Waals surface area contributed by atoms with Gasteiger partial charge in [-0.1, -0.05) is 38.9 Å². The Balaban J connectivity index is 1.60. The van der Waals surface area contributed by atoms with Gasteiger partial charge < -0.3 is 15.4 Å². The summed E-state index contributed by atoms with van der Waals surface area (Å²) in [5, 5.41) is 13.8. The second-order valence-electron chi connectivity index (χ2n) is 9.93. The Bertz CT molecular complexity index is 1270. The summed E-state index contributed by atoms with van der Waals surface area (Å²) in [6.45, 7) is 10.3. The molecule has 10 heteroatoms. The van der Waals surface area contributed by atoms with Crippen molar-refractivity contribution in [3.05, 3.63) is 60.2 Å². The summed E-state index contributed by atoms with van der Waals surface area (Å²) < 4.78 is 5.58. The van der Waals surface area contributed by atoms with Crippen molar-refractivity contribution in [2.75, 3.05) is 12.3 Å². The molecule has 0 amide bonds. The minimum atomic E-state index is -0.552. The molecule has 4 heterocycles. The summed E-state index contributed by atoms with van der Waals surface area (Å²) in [6, 6.07) is 3.93. The smallest absolute Gasteiger partial charge is 0.278 e. The molecule has 0 radical (unpaired) electrons. The lowest BCUT2D eigenvalue weighted by Crippen LogP contribution is -2.31. The summed E-state index contributed by atoms with van der Waals surface area (Å²) in [6.07, 6.45) is 9.03. The van der Waals surface area contributed by atoms with Crippen molar-refractivity contribution in [3.8, 4) is 22.8 Å². The van der Waals surface area contributed by atoms with Crippen LogP contribution in [0.5, 0.6) is 0 Å². The number of nitrogens with zero attached hydrogens (tertiary/aromatic N) is 7. The van der Waals surface area contributed by atoms with Crippen molar-refractivity contribution in [1.82, 2.24) is 35.1 Å². The molecule has 4 aromatic rings. The molecule has 1 atom stereocenters. The fourth-order valence-electron chi connectivity index (χ4n) is 3.70. The molecule has 0 saturated carbocycles. The van der Waals surface area contributed by atoms with E-state index in [4.69, 9.17) is 10.3 Å². The van der Waals surface area contributed by atoms with Gasteiger partial charge in [0.25, 0.3) is 5.89 Å². The molecule has 182 valence electrons. The first-order valence-electron chi connectivity index (χ1n) is 11.4. The summed E-state index contributed by atoms with van der Waals surface area (Å²) in [5.41, 5.74) is 8.53. The quantitative estimate of drug-likeness (QED) is 0.388. The number of nitrogens with two attached hydrogens (primary N) is 1. The van der Waals surface area contributed by atoms with Crippen LogP contribution in [0.25, 0.3) is 22.8 Å². The van der Waals surface area contributed by atoms with E-state index in [1.165, 1.54) is 0 Å². The lowest BCUT2D eigenvalue weighted by atomic mass is 9.73. The highest BCUT2D eigenvalue weighted by Gasteiger charge is 2.38. The summed E-state index contributed by atoms with van der Waals surface area (Å²) in [7, 11) is 0. The molecule has 4 aromatic heterocycles. The molecular weight excluding hydrogens is 444 g/mol. The summed E-state index contributed by atoms with van der Waals surface area (Å²) in [5.74, 6) is 1.21. The Morgan fingerprint density at radius 2 is 1.63 bits per heavy atom. The molecule has 4 rings (SSSR count). The number of hydrogen-bond donors (Lipinski definition) is 2. The molecule has 3 N–H and O–H groups in total. The second kappa shape index (κ2) is 9.46.